The van der Waals surface area contributed by atoms with Crippen LogP contribution in [-0.4, -0.2) is 42.7 Å². The monoisotopic (exact) mass is 630 g/mol. The zero-order chi connectivity index (χ0) is 30.8. The van der Waals surface area contributed by atoms with Crippen molar-refractivity contribution in [1.82, 2.24) is 24.8 Å². The summed E-state index contributed by atoms with van der Waals surface area (Å²) in [6.45, 7) is 3.95. The lowest BCUT2D eigenvalue weighted by molar-refractivity contribution is -0.140. The standard InChI is InChI=1S/C29H26ClF3N6O3S/c1-28(2,41)14-24(40)34-9-11-39-10-8-21-25(39)26(36-16-35-21)37-18-6-7-22(20(30)13-18)42-19-5-3-4-17(12-19)27-38-23(15-43-27)29(31,32)33/h3-8,10,12-13,15-16,41H,9,11,14H2,1-2H3,(H,34,40)(H,35,36,37). The number of aromatic nitrogens is 4. The van der Waals surface area contributed by atoms with Crippen molar-refractivity contribution in [2.75, 3.05) is 11.9 Å². The number of fused-ring (bicyclic) bond motifs is 1. The number of hydrogen-bond acceptors (Lipinski definition) is 8. The number of carbonyl (C=O) groups is 1. The number of thiazole rings is 1. The zero-order valence-electron chi connectivity index (χ0n) is 22.9. The summed E-state index contributed by atoms with van der Waals surface area (Å²) in [4.78, 5) is 24.5. The van der Waals surface area contributed by atoms with Crippen LogP contribution in [0.25, 0.3) is 21.6 Å². The third-order valence-electron chi connectivity index (χ3n) is 6.12. The Kier molecular flexibility index (Phi) is 8.58. The highest BCUT2D eigenvalue weighted by atomic mass is 35.5. The van der Waals surface area contributed by atoms with E-state index in [0.717, 1.165) is 22.2 Å². The molecule has 0 atom stereocenters. The van der Waals surface area contributed by atoms with Gasteiger partial charge in [-0.1, -0.05) is 23.7 Å². The largest absolute Gasteiger partial charge is 0.456 e. The van der Waals surface area contributed by atoms with Crippen LogP contribution < -0.4 is 15.4 Å². The van der Waals surface area contributed by atoms with Gasteiger partial charge in [0.2, 0.25) is 5.91 Å². The van der Waals surface area contributed by atoms with Crippen molar-refractivity contribution in [2.24, 2.45) is 0 Å². The Morgan fingerprint density at radius 3 is 2.67 bits per heavy atom. The van der Waals surface area contributed by atoms with Crippen LogP contribution in [0.4, 0.5) is 24.7 Å². The minimum atomic E-state index is -4.51. The normalized spacial score (nSPS) is 12.0. The van der Waals surface area contributed by atoms with Crippen molar-refractivity contribution in [3.8, 4) is 22.1 Å². The molecule has 0 aliphatic rings. The number of hydrogen-bond donors (Lipinski definition) is 3. The summed E-state index contributed by atoms with van der Waals surface area (Å²) in [5.74, 6) is 1.00. The fourth-order valence-electron chi connectivity index (χ4n) is 4.24. The highest BCUT2D eigenvalue weighted by Gasteiger charge is 2.33. The first kappa shape index (κ1) is 30.3. The van der Waals surface area contributed by atoms with E-state index in [4.69, 9.17) is 16.3 Å². The van der Waals surface area contributed by atoms with Gasteiger partial charge in [-0.05, 0) is 50.2 Å². The van der Waals surface area contributed by atoms with E-state index >= 15 is 0 Å². The Hall–Kier alpha value is -4.20. The number of carbonyl (C=O) groups excluding carboxylic acids is 1. The molecule has 1 amide bonds. The molecule has 0 saturated heterocycles. The SMILES string of the molecule is CC(C)(O)CC(=O)NCCn1ccc2ncnc(Nc3ccc(Oc4cccc(-c5nc(C(F)(F)F)cs5)c4)c(Cl)c3)c21. The molecule has 3 N–H and O–H groups in total. The molecule has 5 aromatic rings. The molecule has 5 rings (SSSR count). The Bertz CT molecular complexity index is 1770. The molecule has 0 spiro atoms. The molecule has 0 aliphatic heterocycles. The van der Waals surface area contributed by atoms with Gasteiger partial charge < -0.3 is 25.0 Å². The molecule has 3 heterocycles. The second kappa shape index (κ2) is 12.2. The number of amides is 1. The average Bonchev–Trinajstić information content (AvgIpc) is 3.58. The maximum Gasteiger partial charge on any atom is 0.434 e. The minimum Gasteiger partial charge on any atom is -0.456 e. The lowest BCUT2D eigenvalue weighted by Gasteiger charge is -2.16. The number of nitrogens with one attached hydrogen (secondary N) is 2. The van der Waals surface area contributed by atoms with Crippen molar-refractivity contribution >= 4 is 51.4 Å². The van der Waals surface area contributed by atoms with Gasteiger partial charge in [0.1, 0.15) is 28.4 Å². The number of benzene rings is 2. The molecule has 2 aromatic carbocycles. The second-order valence-corrected chi connectivity index (χ2v) is 11.5. The summed E-state index contributed by atoms with van der Waals surface area (Å²) >= 11 is 7.43. The van der Waals surface area contributed by atoms with E-state index < -0.39 is 17.5 Å². The number of anilines is 2. The molecule has 0 unspecified atom stereocenters. The van der Waals surface area contributed by atoms with Crippen LogP contribution in [0.2, 0.25) is 5.02 Å². The van der Waals surface area contributed by atoms with Crippen LogP contribution in [0, 0.1) is 0 Å². The molecule has 0 radical (unpaired) electrons. The van der Waals surface area contributed by atoms with E-state index in [9.17, 15) is 23.1 Å². The van der Waals surface area contributed by atoms with Crippen LogP contribution in [0.15, 0.2) is 66.4 Å². The van der Waals surface area contributed by atoms with Crippen LogP contribution in [0.1, 0.15) is 26.0 Å². The number of alkyl halides is 3. The zero-order valence-corrected chi connectivity index (χ0v) is 24.5. The predicted molar refractivity (Wildman–Crippen MR) is 159 cm³/mol. The lowest BCUT2D eigenvalue weighted by atomic mass is 10.1. The molecule has 224 valence electrons. The third-order valence-corrected chi connectivity index (χ3v) is 7.30. The van der Waals surface area contributed by atoms with Gasteiger partial charge >= 0.3 is 6.18 Å². The fourth-order valence-corrected chi connectivity index (χ4v) is 5.28. The molecule has 0 fully saturated rings. The average molecular weight is 631 g/mol. The number of ether oxygens (including phenoxy) is 1. The van der Waals surface area contributed by atoms with Crippen LogP contribution in [0.3, 0.4) is 0 Å². The van der Waals surface area contributed by atoms with E-state index in [-0.39, 0.29) is 17.3 Å². The molecule has 14 heteroatoms. The van der Waals surface area contributed by atoms with Gasteiger partial charge in [0.15, 0.2) is 11.5 Å². The highest BCUT2D eigenvalue weighted by Crippen LogP contribution is 2.37. The van der Waals surface area contributed by atoms with E-state index in [1.807, 2.05) is 16.8 Å². The van der Waals surface area contributed by atoms with Gasteiger partial charge in [-0.2, -0.15) is 13.2 Å². The summed E-state index contributed by atoms with van der Waals surface area (Å²) in [6.07, 6.45) is -1.23. The van der Waals surface area contributed by atoms with Crippen molar-refractivity contribution in [3.63, 3.8) is 0 Å². The van der Waals surface area contributed by atoms with Crippen molar-refractivity contribution < 1.29 is 27.8 Å². The van der Waals surface area contributed by atoms with Crippen molar-refractivity contribution in [2.45, 2.75) is 38.6 Å². The van der Waals surface area contributed by atoms with E-state index in [0.29, 0.717) is 52.2 Å². The van der Waals surface area contributed by atoms with Crippen LogP contribution >= 0.6 is 22.9 Å². The Morgan fingerprint density at radius 2 is 1.95 bits per heavy atom. The quantitative estimate of drug-likeness (QED) is 0.152. The Morgan fingerprint density at radius 1 is 1.14 bits per heavy atom. The fraction of sp³-hybridized carbons (Fsp3) is 0.241. The topological polar surface area (TPSA) is 114 Å². The summed E-state index contributed by atoms with van der Waals surface area (Å²) in [5.41, 5.74) is 0.511. The first-order chi connectivity index (χ1) is 20.4. The van der Waals surface area contributed by atoms with E-state index in [1.54, 1.807) is 56.3 Å². The molecule has 0 saturated carbocycles. The predicted octanol–water partition coefficient (Wildman–Crippen LogP) is 7.04. The number of aliphatic hydroxyl groups is 1. The molecule has 3 aromatic heterocycles. The molecule has 9 nitrogen and oxygen atoms in total. The Labute approximate surface area is 253 Å². The third kappa shape index (κ3) is 7.61. The van der Waals surface area contributed by atoms with Gasteiger partial charge in [0, 0.05) is 35.9 Å². The van der Waals surface area contributed by atoms with Crippen LogP contribution in [-0.2, 0) is 17.5 Å². The van der Waals surface area contributed by atoms with E-state index in [1.165, 1.54) is 6.33 Å². The maximum atomic E-state index is 13.0. The van der Waals surface area contributed by atoms with Crippen LogP contribution in [0.5, 0.6) is 11.5 Å². The summed E-state index contributed by atoms with van der Waals surface area (Å²) in [6, 6.07) is 13.5. The van der Waals surface area contributed by atoms with Gasteiger partial charge in [-0.25, -0.2) is 15.0 Å². The molecule has 0 aliphatic carbocycles. The lowest BCUT2D eigenvalue weighted by Crippen LogP contribution is -2.33. The molecule has 43 heavy (non-hydrogen) atoms. The van der Waals surface area contributed by atoms with Crippen molar-refractivity contribution in [1.29, 1.82) is 0 Å². The smallest absolute Gasteiger partial charge is 0.434 e. The number of rotatable bonds is 10. The number of nitrogens with zero attached hydrogens (tertiary/aromatic N) is 4. The molecular weight excluding hydrogens is 605 g/mol. The molecular formula is C29H26ClF3N6O3S. The Balaban J connectivity index is 1.28. The molecule has 0 bridgehead atoms. The summed E-state index contributed by atoms with van der Waals surface area (Å²) in [5, 5.41) is 17.4. The van der Waals surface area contributed by atoms with Gasteiger partial charge in [-0.15, -0.1) is 11.3 Å². The summed E-state index contributed by atoms with van der Waals surface area (Å²) in [7, 11) is 0. The summed E-state index contributed by atoms with van der Waals surface area (Å²) < 4.78 is 46.8. The minimum absolute atomic E-state index is 0.00408. The first-order valence-electron chi connectivity index (χ1n) is 13.0. The van der Waals surface area contributed by atoms with Gasteiger partial charge in [-0.3, -0.25) is 4.79 Å². The van der Waals surface area contributed by atoms with Crippen molar-refractivity contribution in [3.05, 3.63) is 77.2 Å². The number of halogens is 4. The highest BCUT2D eigenvalue weighted by molar-refractivity contribution is 7.13. The first-order valence-corrected chi connectivity index (χ1v) is 14.3. The maximum absolute atomic E-state index is 13.0. The van der Waals surface area contributed by atoms with Gasteiger partial charge in [0.25, 0.3) is 0 Å². The van der Waals surface area contributed by atoms with Gasteiger partial charge in [0.05, 0.1) is 22.6 Å². The van der Waals surface area contributed by atoms with E-state index in [2.05, 4.69) is 25.6 Å². The second-order valence-electron chi connectivity index (χ2n) is 10.2.